The molecule has 0 aliphatic heterocycles. The molecule has 0 aliphatic rings. The van der Waals surface area contributed by atoms with Gasteiger partial charge in [0.15, 0.2) is 0 Å². The Bertz CT molecular complexity index is 523. The Morgan fingerprint density at radius 3 is 2.78 bits per heavy atom. The molecular formula is C15H16N2O. The monoisotopic (exact) mass is 240 g/mol. The van der Waals surface area contributed by atoms with E-state index in [9.17, 15) is 4.79 Å². The minimum absolute atomic E-state index is 0.0103. The number of nitrogens with zero attached hydrogens (tertiary/aromatic N) is 1. The van der Waals surface area contributed by atoms with Crippen molar-refractivity contribution in [3.05, 3.63) is 59.9 Å². The predicted octanol–water partition coefficient (Wildman–Crippen LogP) is 2.83. The normalized spacial score (nSPS) is 10.1. The number of carbonyl (C=O) groups is 1. The van der Waals surface area contributed by atoms with Crippen LogP contribution in [0.25, 0.3) is 0 Å². The second-order valence-electron chi connectivity index (χ2n) is 4.10. The highest BCUT2D eigenvalue weighted by atomic mass is 16.1. The third kappa shape index (κ3) is 3.17. The first-order chi connectivity index (χ1) is 8.79. The molecule has 0 atom stereocenters. The summed E-state index contributed by atoms with van der Waals surface area (Å²) in [7, 11) is 0. The Balaban J connectivity index is 2.03. The fourth-order valence-corrected chi connectivity index (χ4v) is 1.83. The van der Waals surface area contributed by atoms with Crippen molar-refractivity contribution in [3.8, 4) is 0 Å². The predicted molar refractivity (Wildman–Crippen MR) is 72.4 cm³/mol. The van der Waals surface area contributed by atoms with Crippen molar-refractivity contribution >= 4 is 11.6 Å². The Hall–Kier alpha value is -2.16. The van der Waals surface area contributed by atoms with Gasteiger partial charge in [0.2, 0.25) is 5.91 Å². The number of aryl methyl sites for hydroxylation is 1. The van der Waals surface area contributed by atoms with Crippen LogP contribution < -0.4 is 5.32 Å². The molecule has 0 spiro atoms. The van der Waals surface area contributed by atoms with E-state index in [1.54, 1.807) is 12.4 Å². The smallest absolute Gasteiger partial charge is 0.228 e. The maximum absolute atomic E-state index is 11.9. The van der Waals surface area contributed by atoms with Crippen molar-refractivity contribution in [3.63, 3.8) is 0 Å². The quantitative estimate of drug-likeness (QED) is 0.892. The first-order valence-electron chi connectivity index (χ1n) is 6.06. The number of nitrogens with one attached hydrogen (secondary N) is 1. The third-order valence-electron chi connectivity index (χ3n) is 2.76. The number of hydrogen-bond acceptors (Lipinski definition) is 2. The molecular weight excluding hydrogens is 224 g/mol. The average molecular weight is 240 g/mol. The van der Waals surface area contributed by atoms with Gasteiger partial charge in [-0.15, -0.1) is 0 Å². The maximum atomic E-state index is 11.9. The van der Waals surface area contributed by atoms with Crippen LogP contribution in [0.3, 0.4) is 0 Å². The van der Waals surface area contributed by atoms with E-state index >= 15 is 0 Å². The van der Waals surface area contributed by atoms with Crippen LogP contribution in [0.5, 0.6) is 0 Å². The van der Waals surface area contributed by atoms with Gasteiger partial charge in [-0.2, -0.15) is 0 Å². The molecule has 0 saturated heterocycles. The van der Waals surface area contributed by atoms with E-state index in [2.05, 4.69) is 17.2 Å². The first-order valence-corrected chi connectivity index (χ1v) is 6.06. The van der Waals surface area contributed by atoms with Crippen molar-refractivity contribution < 1.29 is 4.79 Å². The van der Waals surface area contributed by atoms with Gasteiger partial charge in [0.05, 0.1) is 6.42 Å². The zero-order valence-corrected chi connectivity index (χ0v) is 10.4. The average Bonchev–Trinajstić information content (AvgIpc) is 2.40. The molecule has 3 nitrogen and oxygen atoms in total. The summed E-state index contributed by atoms with van der Waals surface area (Å²) in [6.45, 7) is 2.08. The second kappa shape index (κ2) is 5.96. The number of carbonyl (C=O) groups excluding carboxylic acids is 1. The Kier molecular flexibility index (Phi) is 4.07. The molecule has 0 radical (unpaired) electrons. The van der Waals surface area contributed by atoms with Crippen LogP contribution >= 0.6 is 0 Å². The SMILES string of the molecule is CCc1ccccc1NC(=O)Cc1cccnc1. The van der Waals surface area contributed by atoms with Crippen LogP contribution in [0.15, 0.2) is 48.8 Å². The van der Waals surface area contributed by atoms with Crippen molar-refractivity contribution in [2.24, 2.45) is 0 Å². The standard InChI is InChI=1S/C15H16N2O/c1-2-13-7-3-4-8-14(13)17-15(18)10-12-6-5-9-16-11-12/h3-9,11H,2,10H2,1H3,(H,17,18). The summed E-state index contributed by atoms with van der Waals surface area (Å²) >= 11 is 0. The molecule has 0 saturated carbocycles. The number of pyridine rings is 1. The molecule has 0 bridgehead atoms. The van der Waals surface area contributed by atoms with Crippen LogP contribution in [0, 0.1) is 0 Å². The molecule has 0 aliphatic carbocycles. The summed E-state index contributed by atoms with van der Waals surface area (Å²) in [4.78, 5) is 15.9. The van der Waals surface area contributed by atoms with Crippen LogP contribution in [0.2, 0.25) is 0 Å². The molecule has 1 amide bonds. The molecule has 1 N–H and O–H groups in total. The molecule has 2 aromatic rings. The molecule has 3 heteroatoms. The van der Waals surface area contributed by atoms with E-state index < -0.39 is 0 Å². The molecule has 18 heavy (non-hydrogen) atoms. The van der Waals surface area contributed by atoms with E-state index in [1.807, 2.05) is 36.4 Å². The number of amides is 1. The van der Waals surface area contributed by atoms with Crippen LogP contribution in [-0.4, -0.2) is 10.9 Å². The van der Waals surface area contributed by atoms with Crippen LogP contribution in [0.1, 0.15) is 18.1 Å². The van der Waals surface area contributed by atoms with E-state index in [0.29, 0.717) is 6.42 Å². The number of anilines is 1. The minimum Gasteiger partial charge on any atom is -0.326 e. The number of para-hydroxylation sites is 1. The van der Waals surface area contributed by atoms with Crippen molar-refractivity contribution in [1.82, 2.24) is 4.98 Å². The Morgan fingerprint density at radius 2 is 2.06 bits per heavy atom. The highest BCUT2D eigenvalue weighted by Crippen LogP contribution is 2.15. The van der Waals surface area contributed by atoms with Crippen molar-refractivity contribution in [1.29, 1.82) is 0 Å². The minimum atomic E-state index is -0.0103. The molecule has 0 unspecified atom stereocenters. The molecule has 2 rings (SSSR count). The first kappa shape index (κ1) is 12.3. The summed E-state index contributed by atoms with van der Waals surface area (Å²) in [6.07, 6.45) is 4.67. The number of rotatable bonds is 4. The second-order valence-corrected chi connectivity index (χ2v) is 4.10. The van der Waals surface area contributed by atoms with Gasteiger partial charge < -0.3 is 5.32 Å². The summed E-state index contributed by atoms with van der Waals surface area (Å²) in [5, 5.41) is 2.94. The topological polar surface area (TPSA) is 42.0 Å². The number of aromatic nitrogens is 1. The summed E-state index contributed by atoms with van der Waals surface area (Å²) in [5.74, 6) is -0.0103. The zero-order chi connectivity index (χ0) is 12.8. The van der Waals surface area contributed by atoms with E-state index in [1.165, 1.54) is 0 Å². The highest BCUT2D eigenvalue weighted by molar-refractivity contribution is 5.92. The maximum Gasteiger partial charge on any atom is 0.228 e. The lowest BCUT2D eigenvalue weighted by Crippen LogP contribution is -2.15. The van der Waals surface area contributed by atoms with Gasteiger partial charge in [-0.3, -0.25) is 9.78 Å². The zero-order valence-electron chi connectivity index (χ0n) is 10.4. The number of benzene rings is 1. The molecule has 1 aromatic heterocycles. The molecule has 92 valence electrons. The van der Waals surface area contributed by atoms with E-state index in [4.69, 9.17) is 0 Å². The largest absolute Gasteiger partial charge is 0.326 e. The third-order valence-corrected chi connectivity index (χ3v) is 2.76. The Morgan fingerprint density at radius 1 is 1.22 bits per heavy atom. The molecule has 0 fully saturated rings. The lowest BCUT2D eigenvalue weighted by atomic mass is 10.1. The highest BCUT2D eigenvalue weighted by Gasteiger charge is 2.06. The van der Waals surface area contributed by atoms with Gasteiger partial charge in [0.25, 0.3) is 0 Å². The van der Waals surface area contributed by atoms with E-state index in [-0.39, 0.29) is 5.91 Å². The van der Waals surface area contributed by atoms with Gasteiger partial charge in [-0.25, -0.2) is 0 Å². The fraction of sp³-hybridized carbons (Fsp3) is 0.200. The fourth-order valence-electron chi connectivity index (χ4n) is 1.83. The summed E-state index contributed by atoms with van der Waals surface area (Å²) in [6, 6.07) is 11.6. The molecule has 1 heterocycles. The van der Waals surface area contributed by atoms with Crippen LogP contribution in [0.4, 0.5) is 5.69 Å². The lowest BCUT2D eigenvalue weighted by molar-refractivity contribution is -0.115. The van der Waals surface area contributed by atoms with Gasteiger partial charge in [-0.1, -0.05) is 31.2 Å². The van der Waals surface area contributed by atoms with Gasteiger partial charge >= 0.3 is 0 Å². The summed E-state index contributed by atoms with van der Waals surface area (Å²) in [5.41, 5.74) is 2.97. The number of hydrogen-bond donors (Lipinski definition) is 1. The van der Waals surface area contributed by atoms with E-state index in [0.717, 1.165) is 23.2 Å². The van der Waals surface area contributed by atoms with Gasteiger partial charge in [-0.05, 0) is 29.7 Å². The van der Waals surface area contributed by atoms with Crippen molar-refractivity contribution in [2.45, 2.75) is 19.8 Å². The molecule has 1 aromatic carbocycles. The summed E-state index contributed by atoms with van der Waals surface area (Å²) < 4.78 is 0. The van der Waals surface area contributed by atoms with Gasteiger partial charge in [0, 0.05) is 18.1 Å². The lowest BCUT2D eigenvalue weighted by Gasteiger charge is -2.09. The van der Waals surface area contributed by atoms with Crippen LogP contribution in [-0.2, 0) is 17.6 Å². The van der Waals surface area contributed by atoms with Gasteiger partial charge in [0.1, 0.15) is 0 Å². The van der Waals surface area contributed by atoms with Crippen molar-refractivity contribution in [2.75, 3.05) is 5.32 Å². The Labute approximate surface area is 107 Å².